The molecule has 0 fully saturated rings. The van der Waals surface area contributed by atoms with Crippen molar-refractivity contribution in [2.45, 2.75) is 46.8 Å². The molecule has 0 unspecified atom stereocenters. The highest BCUT2D eigenvalue weighted by Gasteiger charge is 2.31. The van der Waals surface area contributed by atoms with E-state index in [4.69, 9.17) is 9.47 Å². The van der Waals surface area contributed by atoms with Crippen LogP contribution in [0.25, 0.3) is 6.08 Å². The van der Waals surface area contributed by atoms with Crippen molar-refractivity contribution in [3.8, 4) is 0 Å². The Bertz CT molecular complexity index is 972. The second kappa shape index (κ2) is 10.7. The highest BCUT2D eigenvalue weighted by atomic mass is 16.6. The van der Waals surface area contributed by atoms with Crippen molar-refractivity contribution in [2.24, 2.45) is 9.98 Å². The predicted molar refractivity (Wildman–Crippen MR) is 120 cm³/mol. The molecule has 0 aromatic heterocycles. The largest absolute Gasteiger partial charge is 0.476 e. The van der Waals surface area contributed by atoms with Gasteiger partial charge in [0.25, 0.3) is 5.91 Å². The van der Waals surface area contributed by atoms with E-state index >= 15 is 0 Å². The number of ether oxygens (including phenoxy) is 3. The molecular weight excluding hydrogens is 414 g/mol. The molecule has 32 heavy (non-hydrogen) atoms. The van der Waals surface area contributed by atoms with Crippen LogP contribution in [0.5, 0.6) is 0 Å². The molecule has 9 nitrogen and oxygen atoms in total. The van der Waals surface area contributed by atoms with Crippen molar-refractivity contribution in [2.75, 3.05) is 20.2 Å². The fourth-order valence-electron chi connectivity index (χ4n) is 2.77. The maximum Gasteiger partial charge on any atom is 0.327 e. The third-order valence-electron chi connectivity index (χ3n) is 4.29. The normalized spacial score (nSPS) is 15.6. The second-order valence-electron chi connectivity index (χ2n) is 8.07. The first-order valence-electron chi connectivity index (χ1n) is 10.1. The minimum atomic E-state index is -0.638. The van der Waals surface area contributed by atoms with Gasteiger partial charge in [0.1, 0.15) is 36.8 Å². The Labute approximate surface area is 187 Å². The summed E-state index contributed by atoms with van der Waals surface area (Å²) in [4.78, 5) is 45.8. The molecule has 1 aromatic carbocycles. The zero-order valence-corrected chi connectivity index (χ0v) is 19.3. The van der Waals surface area contributed by atoms with Gasteiger partial charge < -0.3 is 14.2 Å². The van der Waals surface area contributed by atoms with Crippen LogP contribution in [0.4, 0.5) is 0 Å². The Balaban J connectivity index is 2.12. The van der Waals surface area contributed by atoms with Gasteiger partial charge in [0.2, 0.25) is 0 Å². The lowest BCUT2D eigenvalue weighted by molar-refractivity contribution is -0.156. The van der Waals surface area contributed by atoms with Gasteiger partial charge in [0, 0.05) is 6.92 Å². The Morgan fingerprint density at radius 1 is 1.19 bits per heavy atom. The van der Waals surface area contributed by atoms with Gasteiger partial charge in [-0.3, -0.25) is 19.3 Å². The molecule has 0 bridgehead atoms. The lowest BCUT2D eigenvalue weighted by atomic mass is 10.1. The van der Waals surface area contributed by atoms with Gasteiger partial charge in [0.15, 0.2) is 5.90 Å². The fourth-order valence-corrected chi connectivity index (χ4v) is 2.77. The fraction of sp³-hybridized carbons (Fsp3) is 0.435. The van der Waals surface area contributed by atoms with E-state index in [9.17, 15) is 14.4 Å². The first kappa shape index (κ1) is 24.8. The van der Waals surface area contributed by atoms with E-state index in [-0.39, 0.29) is 31.3 Å². The summed E-state index contributed by atoms with van der Waals surface area (Å²) in [5.41, 5.74) is 1.13. The van der Waals surface area contributed by atoms with Gasteiger partial charge in [-0.25, -0.2) is 9.98 Å². The molecule has 1 aromatic rings. The molecule has 172 valence electrons. The Morgan fingerprint density at radius 3 is 2.53 bits per heavy atom. The van der Waals surface area contributed by atoms with Crippen LogP contribution in [-0.2, 0) is 35.2 Å². The average Bonchev–Trinajstić information content (AvgIpc) is 2.97. The number of hydrogen-bond acceptors (Lipinski definition) is 8. The number of benzene rings is 1. The van der Waals surface area contributed by atoms with Crippen molar-refractivity contribution >= 4 is 35.7 Å². The number of nitrogens with zero attached hydrogens (tertiary/aromatic N) is 3. The molecule has 0 spiro atoms. The lowest BCUT2D eigenvalue weighted by Gasteiger charge is -2.22. The van der Waals surface area contributed by atoms with Gasteiger partial charge in [-0.2, -0.15) is 0 Å². The van der Waals surface area contributed by atoms with Crippen LogP contribution in [0, 0.1) is 0 Å². The van der Waals surface area contributed by atoms with Crippen molar-refractivity contribution in [3.05, 3.63) is 41.1 Å². The van der Waals surface area contributed by atoms with Crippen molar-refractivity contribution in [1.82, 2.24) is 4.90 Å². The first-order chi connectivity index (χ1) is 15.0. The quantitative estimate of drug-likeness (QED) is 0.278. The maximum absolute atomic E-state index is 12.8. The highest BCUT2D eigenvalue weighted by Crippen LogP contribution is 2.21. The molecule has 0 radical (unpaired) electrons. The van der Waals surface area contributed by atoms with Crippen LogP contribution in [0.15, 0.2) is 39.9 Å². The number of aliphatic imine (C=N–C) groups is 2. The van der Waals surface area contributed by atoms with Gasteiger partial charge in [-0.05, 0) is 44.9 Å². The van der Waals surface area contributed by atoms with E-state index in [1.165, 1.54) is 12.0 Å². The second-order valence-corrected chi connectivity index (χ2v) is 8.07. The number of esters is 2. The van der Waals surface area contributed by atoms with E-state index in [0.717, 1.165) is 11.1 Å². The highest BCUT2D eigenvalue weighted by molar-refractivity contribution is 6.14. The van der Waals surface area contributed by atoms with Gasteiger partial charge in [-0.1, -0.05) is 24.3 Å². The Kier molecular flexibility index (Phi) is 8.28. The molecule has 1 aliphatic rings. The molecular formula is C23H29N3O6. The van der Waals surface area contributed by atoms with E-state index in [0.29, 0.717) is 11.7 Å². The molecule has 9 heteroatoms. The standard InChI is InChI=1S/C23H29N3O6/c1-15-25-19(22(29)26(15)13-21(28)32-23(3,4)5)11-17-9-7-8-10-18(17)14-31-16(2)24-12-20(27)30-6/h7-11H,12-14H2,1-6H3/b19-11-,24-16-. The minimum absolute atomic E-state index is 0.121. The molecule has 0 saturated heterocycles. The smallest absolute Gasteiger partial charge is 0.327 e. The SMILES string of the molecule is COC(=O)C/N=C(/C)OCc1ccccc1/C=C1\N=C(C)N(CC(=O)OC(C)(C)C)C1=O. The summed E-state index contributed by atoms with van der Waals surface area (Å²) in [6, 6.07) is 7.37. The number of hydrogen-bond donors (Lipinski definition) is 0. The van der Waals surface area contributed by atoms with Crippen LogP contribution in [0.2, 0.25) is 0 Å². The summed E-state index contributed by atoms with van der Waals surface area (Å²) in [5.74, 6) is -0.571. The van der Waals surface area contributed by atoms with Crippen LogP contribution in [-0.4, -0.2) is 60.3 Å². The molecule has 0 aliphatic carbocycles. The lowest BCUT2D eigenvalue weighted by Crippen LogP contribution is -2.38. The topological polar surface area (TPSA) is 107 Å². The summed E-state index contributed by atoms with van der Waals surface area (Å²) in [6.45, 7) is 8.48. The summed E-state index contributed by atoms with van der Waals surface area (Å²) in [7, 11) is 1.29. The van der Waals surface area contributed by atoms with Crippen LogP contribution in [0.1, 0.15) is 45.7 Å². The third kappa shape index (κ3) is 7.33. The summed E-state index contributed by atoms with van der Waals surface area (Å²) < 4.78 is 15.5. The number of amides is 1. The van der Waals surface area contributed by atoms with E-state index in [1.54, 1.807) is 40.7 Å². The molecule has 1 heterocycles. The molecule has 1 aliphatic heterocycles. The zero-order valence-electron chi connectivity index (χ0n) is 19.3. The van der Waals surface area contributed by atoms with Crippen LogP contribution in [0.3, 0.4) is 0 Å². The number of carbonyl (C=O) groups is 3. The van der Waals surface area contributed by atoms with Crippen molar-refractivity contribution in [1.29, 1.82) is 0 Å². The van der Waals surface area contributed by atoms with Gasteiger partial charge in [0.05, 0.1) is 7.11 Å². The summed E-state index contributed by atoms with van der Waals surface area (Å²) in [6.07, 6.45) is 1.65. The van der Waals surface area contributed by atoms with E-state index < -0.39 is 17.5 Å². The number of amidine groups is 1. The molecule has 1 amide bonds. The summed E-state index contributed by atoms with van der Waals surface area (Å²) >= 11 is 0. The summed E-state index contributed by atoms with van der Waals surface area (Å²) in [5, 5.41) is 0. The molecule has 2 rings (SSSR count). The Morgan fingerprint density at radius 2 is 1.88 bits per heavy atom. The minimum Gasteiger partial charge on any atom is -0.476 e. The Hall–Kier alpha value is -3.49. The maximum atomic E-state index is 12.8. The van der Waals surface area contributed by atoms with E-state index in [2.05, 4.69) is 14.7 Å². The number of methoxy groups -OCH3 is 1. The van der Waals surface area contributed by atoms with Gasteiger partial charge in [-0.15, -0.1) is 0 Å². The first-order valence-corrected chi connectivity index (χ1v) is 10.1. The van der Waals surface area contributed by atoms with E-state index in [1.807, 2.05) is 24.3 Å². The van der Waals surface area contributed by atoms with Crippen LogP contribution >= 0.6 is 0 Å². The molecule has 0 atom stereocenters. The zero-order chi connectivity index (χ0) is 23.9. The number of carbonyl (C=O) groups excluding carboxylic acids is 3. The molecule has 0 N–H and O–H groups in total. The third-order valence-corrected chi connectivity index (χ3v) is 4.29. The predicted octanol–water partition coefficient (Wildman–Crippen LogP) is 2.74. The van der Waals surface area contributed by atoms with Crippen molar-refractivity contribution in [3.63, 3.8) is 0 Å². The van der Waals surface area contributed by atoms with Crippen molar-refractivity contribution < 1.29 is 28.6 Å². The van der Waals surface area contributed by atoms with Crippen LogP contribution < -0.4 is 0 Å². The molecule has 0 saturated carbocycles. The van der Waals surface area contributed by atoms with Gasteiger partial charge >= 0.3 is 11.9 Å². The monoisotopic (exact) mass is 443 g/mol. The average molecular weight is 444 g/mol. The number of rotatable bonds is 7.